The van der Waals surface area contributed by atoms with Crippen molar-refractivity contribution in [2.45, 2.75) is 19.0 Å². The van der Waals surface area contributed by atoms with Gasteiger partial charge < -0.3 is 10.1 Å². The molecule has 0 bridgehead atoms. The van der Waals surface area contributed by atoms with E-state index in [1.165, 1.54) is 0 Å². The van der Waals surface area contributed by atoms with Gasteiger partial charge in [0.25, 0.3) is 0 Å². The van der Waals surface area contributed by atoms with Crippen molar-refractivity contribution in [3.05, 3.63) is 0 Å². The Kier molecular flexibility index (Phi) is 6.08. The predicted molar refractivity (Wildman–Crippen MR) is 55.4 cm³/mol. The first-order valence-corrected chi connectivity index (χ1v) is 5.65. The van der Waals surface area contributed by atoms with E-state index in [0.717, 1.165) is 32.7 Å². The first-order valence-electron chi connectivity index (χ1n) is 5.65. The molecule has 0 aromatic heterocycles. The monoisotopic (exact) mass is 240 g/mol. The molecule has 96 valence electrons. The molecular formula is C10H19F3N2O. The minimum atomic E-state index is -4.05. The van der Waals surface area contributed by atoms with Gasteiger partial charge in [0.15, 0.2) is 0 Å². The first kappa shape index (κ1) is 13.7. The predicted octanol–water partition coefficient (Wildman–Crippen LogP) is 1.25. The van der Waals surface area contributed by atoms with Crippen molar-refractivity contribution in [1.82, 2.24) is 10.2 Å². The molecule has 1 saturated heterocycles. The molecule has 0 aliphatic carbocycles. The number of halogens is 3. The normalized spacial score (nSPS) is 18.9. The molecule has 3 nitrogen and oxygen atoms in total. The van der Waals surface area contributed by atoms with Gasteiger partial charge in [0, 0.05) is 45.8 Å². The lowest BCUT2D eigenvalue weighted by Gasteiger charge is -2.26. The lowest BCUT2D eigenvalue weighted by Crippen LogP contribution is -2.44. The van der Waals surface area contributed by atoms with Gasteiger partial charge in [-0.25, -0.2) is 0 Å². The number of nitrogens with one attached hydrogen (secondary N) is 1. The Morgan fingerprint density at radius 3 is 2.44 bits per heavy atom. The summed E-state index contributed by atoms with van der Waals surface area (Å²) in [4.78, 5) is 2.25. The van der Waals surface area contributed by atoms with E-state index in [1.54, 1.807) is 0 Å². The van der Waals surface area contributed by atoms with Crippen LogP contribution in [0.15, 0.2) is 0 Å². The highest BCUT2D eigenvalue weighted by molar-refractivity contribution is 4.66. The number of alkyl halides is 3. The first-order chi connectivity index (χ1) is 7.58. The summed E-state index contributed by atoms with van der Waals surface area (Å²) < 4.78 is 40.5. The van der Waals surface area contributed by atoms with Crippen molar-refractivity contribution in [2.75, 3.05) is 45.9 Å². The van der Waals surface area contributed by atoms with Crippen LogP contribution in [0.4, 0.5) is 13.2 Å². The van der Waals surface area contributed by atoms with E-state index in [0.29, 0.717) is 6.61 Å². The summed E-state index contributed by atoms with van der Waals surface area (Å²) >= 11 is 0. The van der Waals surface area contributed by atoms with Gasteiger partial charge in [-0.15, -0.1) is 0 Å². The number of rotatable bonds is 6. The average molecular weight is 240 g/mol. The highest BCUT2D eigenvalue weighted by atomic mass is 19.4. The molecule has 0 aromatic carbocycles. The van der Waals surface area contributed by atoms with Crippen LogP contribution in [0.5, 0.6) is 0 Å². The molecule has 0 unspecified atom stereocenters. The summed E-state index contributed by atoms with van der Waals surface area (Å²) in [6.45, 7) is 5.48. The zero-order chi connectivity index (χ0) is 11.9. The van der Waals surface area contributed by atoms with Crippen LogP contribution in [0.1, 0.15) is 12.8 Å². The molecule has 1 aliphatic heterocycles. The van der Waals surface area contributed by atoms with E-state index < -0.39 is 12.6 Å². The molecule has 6 heteroatoms. The largest absolute Gasteiger partial charge is 0.389 e. The van der Waals surface area contributed by atoms with Crippen LogP contribution in [0.25, 0.3) is 0 Å². The van der Waals surface area contributed by atoms with E-state index >= 15 is 0 Å². The third-order valence-corrected chi connectivity index (χ3v) is 2.51. The highest BCUT2D eigenvalue weighted by Gasteiger charge is 2.25. The number of hydrogen-bond donors (Lipinski definition) is 1. The number of ether oxygens (including phenoxy) is 1. The molecule has 1 rings (SSSR count). The third-order valence-electron chi connectivity index (χ3n) is 2.51. The van der Waals surface area contributed by atoms with Crippen molar-refractivity contribution in [1.29, 1.82) is 0 Å². The second kappa shape index (κ2) is 7.09. The Balaban J connectivity index is 1.87. The Bertz CT molecular complexity index is 181. The second-order valence-corrected chi connectivity index (χ2v) is 3.92. The van der Waals surface area contributed by atoms with Crippen molar-refractivity contribution in [3.63, 3.8) is 0 Å². The van der Waals surface area contributed by atoms with E-state index in [2.05, 4.69) is 10.2 Å². The Hall–Kier alpha value is -0.330. The quantitative estimate of drug-likeness (QED) is 0.707. The molecule has 0 saturated carbocycles. The van der Waals surface area contributed by atoms with Crippen LogP contribution >= 0.6 is 0 Å². The van der Waals surface area contributed by atoms with Crippen molar-refractivity contribution in [3.8, 4) is 0 Å². The molecule has 16 heavy (non-hydrogen) atoms. The molecule has 1 heterocycles. The van der Waals surface area contributed by atoms with Crippen molar-refractivity contribution >= 4 is 0 Å². The Morgan fingerprint density at radius 2 is 1.81 bits per heavy atom. The maximum absolute atomic E-state index is 11.8. The number of piperazine rings is 1. The van der Waals surface area contributed by atoms with E-state index in [4.69, 9.17) is 4.74 Å². The van der Waals surface area contributed by atoms with Gasteiger partial charge in [-0.2, -0.15) is 13.2 Å². The zero-order valence-electron chi connectivity index (χ0n) is 9.35. The maximum Gasteiger partial charge on any atom is 0.389 e. The van der Waals surface area contributed by atoms with E-state index in [9.17, 15) is 13.2 Å². The fraction of sp³-hybridized carbons (Fsp3) is 1.00. The molecule has 1 aliphatic rings. The van der Waals surface area contributed by atoms with Gasteiger partial charge in [-0.3, -0.25) is 4.90 Å². The van der Waals surface area contributed by atoms with Crippen molar-refractivity contribution < 1.29 is 17.9 Å². The molecule has 0 aromatic rings. The van der Waals surface area contributed by atoms with Crippen LogP contribution in [0, 0.1) is 0 Å². The van der Waals surface area contributed by atoms with Crippen molar-refractivity contribution in [2.24, 2.45) is 0 Å². The van der Waals surface area contributed by atoms with Gasteiger partial charge in [0.05, 0.1) is 6.61 Å². The minimum absolute atomic E-state index is 0.0606. The Labute approximate surface area is 93.9 Å². The summed E-state index contributed by atoms with van der Waals surface area (Å²) in [5.74, 6) is 0. The van der Waals surface area contributed by atoms with Gasteiger partial charge in [0.1, 0.15) is 0 Å². The van der Waals surface area contributed by atoms with Crippen LogP contribution in [0.2, 0.25) is 0 Å². The third kappa shape index (κ3) is 7.03. The number of nitrogens with zero attached hydrogens (tertiary/aromatic N) is 1. The summed E-state index contributed by atoms with van der Waals surface area (Å²) in [6, 6.07) is 0. The van der Waals surface area contributed by atoms with Crippen LogP contribution in [-0.4, -0.2) is 57.0 Å². The molecule has 0 spiro atoms. The lowest BCUT2D eigenvalue weighted by atomic mass is 10.3. The highest BCUT2D eigenvalue weighted by Crippen LogP contribution is 2.20. The average Bonchev–Trinajstić information content (AvgIpc) is 2.23. The lowest BCUT2D eigenvalue weighted by molar-refractivity contribution is -0.137. The number of hydrogen-bond acceptors (Lipinski definition) is 3. The van der Waals surface area contributed by atoms with Crippen LogP contribution < -0.4 is 5.32 Å². The van der Waals surface area contributed by atoms with Crippen LogP contribution in [-0.2, 0) is 4.74 Å². The van der Waals surface area contributed by atoms with Gasteiger partial charge in [0.2, 0.25) is 0 Å². The van der Waals surface area contributed by atoms with Gasteiger partial charge in [-0.05, 0) is 6.42 Å². The zero-order valence-corrected chi connectivity index (χ0v) is 9.35. The maximum atomic E-state index is 11.8. The molecule has 0 amide bonds. The topological polar surface area (TPSA) is 24.5 Å². The van der Waals surface area contributed by atoms with Crippen LogP contribution in [0.3, 0.4) is 0 Å². The molecule has 1 fully saturated rings. The molecule has 0 atom stereocenters. The summed E-state index contributed by atoms with van der Waals surface area (Å²) in [7, 11) is 0. The summed E-state index contributed by atoms with van der Waals surface area (Å²) in [6.07, 6.45) is -4.74. The summed E-state index contributed by atoms with van der Waals surface area (Å²) in [5.41, 5.74) is 0. The second-order valence-electron chi connectivity index (χ2n) is 3.92. The van der Waals surface area contributed by atoms with E-state index in [1.807, 2.05) is 0 Å². The van der Waals surface area contributed by atoms with Gasteiger partial charge in [-0.1, -0.05) is 0 Å². The molecule has 0 radical (unpaired) electrons. The fourth-order valence-electron chi connectivity index (χ4n) is 1.61. The SMILES string of the molecule is FC(F)(F)CCCOCCN1CCNCC1. The minimum Gasteiger partial charge on any atom is -0.380 e. The Morgan fingerprint density at radius 1 is 1.12 bits per heavy atom. The standard InChI is InChI=1S/C10H19F3N2O/c11-10(12,13)2-1-8-16-9-7-15-5-3-14-4-6-15/h14H,1-9H2. The molecular weight excluding hydrogens is 221 g/mol. The van der Waals surface area contributed by atoms with E-state index in [-0.39, 0.29) is 13.0 Å². The fourth-order valence-corrected chi connectivity index (χ4v) is 1.61. The summed E-state index contributed by atoms with van der Waals surface area (Å²) in [5, 5.41) is 3.23. The molecule has 1 N–H and O–H groups in total. The smallest absolute Gasteiger partial charge is 0.380 e. The van der Waals surface area contributed by atoms with Gasteiger partial charge >= 0.3 is 6.18 Å².